The minimum Gasteiger partial charge on any atom is -0.354 e. The van der Waals surface area contributed by atoms with E-state index in [1.807, 2.05) is 4.90 Å². The van der Waals surface area contributed by atoms with Gasteiger partial charge in [-0.3, -0.25) is 4.79 Å². The maximum atomic E-state index is 12.2. The minimum absolute atomic E-state index is 0.0233. The number of nitrogens with one attached hydrogen (secondary N) is 1. The molecular formula is C13H21N5O. The number of hydrogen-bond donors (Lipinski definition) is 1. The molecule has 0 saturated carbocycles. The Hall–Kier alpha value is -1.69. The number of carbonyl (C=O) groups is 1. The molecule has 0 bridgehead atoms. The Morgan fingerprint density at radius 1 is 1.26 bits per heavy atom. The highest BCUT2D eigenvalue weighted by atomic mass is 16.2. The average Bonchev–Trinajstić information content (AvgIpc) is 2.46. The van der Waals surface area contributed by atoms with Crippen LogP contribution < -0.4 is 5.32 Å². The molecule has 0 atom stereocenters. The number of carbonyl (C=O) groups excluding carboxylic acids is 1. The maximum Gasteiger partial charge on any atom is 0.257 e. The van der Waals surface area contributed by atoms with E-state index in [4.69, 9.17) is 0 Å². The molecule has 6 nitrogen and oxygen atoms in total. The quantitative estimate of drug-likeness (QED) is 0.866. The number of anilines is 1. The van der Waals surface area contributed by atoms with E-state index in [1.165, 1.54) is 0 Å². The van der Waals surface area contributed by atoms with Gasteiger partial charge in [0, 0.05) is 45.1 Å². The molecule has 0 spiro atoms. The van der Waals surface area contributed by atoms with Crippen molar-refractivity contribution in [2.24, 2.45) is 0 Å². The van der Waals surface area contributed by atoms with E-state index in [0.717, 1.165) is 39.1 Å². The Labute approximate surface area is 113 Å². The number of aromatic nitrogens is 2. The van der Waals surface area contributed by atoms with Crippen LogP contribution in [0.4, 0.5) is 5.95 Å². The Morgan fingerprint density at radius 3 is 2.47 bits per heavy atom. The third-order valence-corrected chi connectivity index (χ3v) is 3.22. The van der Waals surface area contributed by atoms with Crippen molar-refractivity contribution in [3.05, 3.63) is 18.0 Å². The smallest absolute Gasteiger partial charge is 0.257 e. The molecule has 1 aliphatic rings. The van der Waals surface area contributed by atoms with Crippen LogP contribution in [0.5, 0.6) is 0 Å². The average molecular weight is 263 g/mol. The number of rotatable bonds is 4. The van der Waals surface area contributed by atoms with Crippen LogP contribution in [0.2, 0.25) is 0 Å². The molecule has 2 rings (SSSR count). The van der Waals surface area contributed by atoms with Gasteiger partial charge in [-0.2, -0.15) is 0 Å². The van der Waals surface area contributed by atoms with Crippen molar-refractivity contribution < 1.29 is 4.79 Å². The summed E-state index contributed by atoms with van der Waals surface area (Å²) in [5, 5.41) is 3.09. The molecule has 0 unspecified atom stereocenters. The molecule has 1 fully saturated rings. The van der Waals surface area contributed by atoms with Crippen molar-refractivity contribution in [3.8, 4) is 0 Å². The zero-order valence-electron chi connectivity index (χ0n) is 11.6. The second-order valence-corrected chi connectivity index (χ2v) is 4.82. The molecule has 1 aromatic rings. The number of amides is 1. The molecular weight excluding hydrogens is 242 g/mol. The SMILES string of the molecule is CCCNc1ncc(C(=O)N2CCN(C)CC2)cn1. The van der Waals surface area contributed by atoms with Gasteiger partial charge in [0.25, 0.3) is 5.91 Å². The monoisotopic (exact) mass is 263 g/mol. The van der Waals surface area contributed by atoms with Crippen LogP contribution in [0.3, 0.4) is 0 Å². The van der Waals surface area contributed by atoms with Gasteiger partial charge in [-0.05, 0) is 13.5 Å². The van der Waals surface area contributed by atoms with Gasteiger partial charge in [0.05, 0.1) is 5.56 Å². The van der Waals surface area contributed by atoms with Gasteiger partial charge in [0.2, 0.25) is 5.95 Å². The Balaban J connectivity index is 1.95. The predicted octanol–water partition coefficient (Wildman–Crippen LogP) is 0.686. The normalized spacial score (nSPS) is 16.4. The van der Waals surface area contributed by atoms with Crippen molar-refractivity contribution in [2.75, 3.05) is 45.1 Å². The van der Waals surface area contributed by atoms with E-state index in [-0.39, 0.29) is 5.91 Å². The van der Waals surface area contributed by atoms with E-state index < -0.39 is 0 Å². The lowest BCUT2D eigenvalue weighted by Crippen LogP contribution is -2.47. The topological polar surface area (TPSA) is 61.4 Å². The number of nitrogens with zero attached hydrogens (tertiary/aromatic N) is 4. The Morgan fingerprint density at radius 2 is 1.89 bits per heavy atom. The lowest BCUT2D eigenvalue weighted by Gasteiger charge is -2.32. The van der Waals surface area contributed by atoms with Crippen molar-refractivity contribution >= 4 is 11.9 Å². The van der Waals surface area contributed by atoms with E-state index in [0.29, 0.717) is 11.5 Å². The second kappa shape index (κ2) is 6.47. The lowest BCUT2D eigenvalue weighted by atomic mass is 10.2. The van der Waals surface area contributed by atoms with Gasteiger partial charge >= 0.3 is 0 Å². The summed E-state index contributed by atoms with van der Waals surface area (Å²) >= 11 is 0. The lowest BCUT2D eigenvalue weighted by molar-refractivity contribution is 0.0663. The minimum atomic E-state index is 0.0233. The molecule has 2 heterocycles. The van der Waals surface area contributed by atoms with Gasteiger partial charge < -0.3 is 15.1 Å². The third kappa shape index (κ3) is 3.64. The van der Waals surface area contributed by atoms with Crippen molar-refractivity contribution in [1.29, 1.82) is 0 Å². The fraction of sp³-hybridized carbons (Fsp3) is 0.615. The highest BCUT2D eigenvalue weighted by molar-refractivity contribution is 5.93. The van der Waals surface area contributed by atoms with Crippen LogP contribution in [0.25, 0.3) is 0 Å². The first-order valence-electron chi connectivity index (χ1n) is 6.74. The van der Waals surface area contributed by atoms with Crippen LogP contribution in [0, 0.1) is 0 Å². The van der Waals surface area contributed by atoms with Crippen molar-refractivity contribution in [2.45, 2.75) is 13.3 Å². The first-order valence-corrected chi connectivity index (χ1v) is 6.74. The summed E-state index contributed by atoms with van der Waals surface area (Å²) < 4.78 is 0. The highest BCUT2D eigenvalue weighted by Crippen LogP contribution is 2.07. The van der Waals surface area contributed by atoms with E-state index in [9.17, 15) is 4.79 Å². The Bertz CT molecular complexity index is 412. The van der Waals surface area contributed by atoms with Gasteiger partial charge in [0.15, 0.2) is 0 Å². The Kier molecular flexibility index (Phi) is 4.68. The van der Waals surface area contributed by atoms with E-state index in [2.05, 4.69) is 34.2 Å². The summed E-state index contributed by atoms with van der Waals surface area (Å²) in [6, 6.07) is 0. The van der Waals surface area contributed by atoms with Crippen LogP contribution in [-0.4, -0.2) is 65.4 Å². The molecule has 6 heteroatoms. The largest absolute Gasteiger partial charge is 0.354 e. The summed E-state index contributed by atoms with van der Waals surface area (Å²) in [7, 11) is 2.07. The molecule has 1 saturated heterocycles. The molecule has 104 valence electrons. The number of hydrogen-bond acceptors (Lipinski definition) is 5. The number of piperazine rings is 1. The molecule has 0 radical (unpaired) electrons. The fourth-order valence-corrected chi connectivity index (χ4v) is 1.96. The van der Waals surface area contributed by atoms with E-state index >= 15 is 0 Å². The zero-order valence-corrected chi connectivity index (χ0v) is 11.6. The first-order chi connectivity index (χ1) is 9.20. The maximum absolute atomic E-state index is 12.2. The summed E-state index contributed by atoms with van der Waals surface area (Å²) in [5.74, 6) is 0.604. The standard InChI is InChI=1S/C13H21N5O/c1-3-4-14-13-15-9-11(10-16-13)12(19)18-7-5-17(2)6-8-18/h9-10H,3-8H2,1-2H3,(H,14,15,16). The molecule has 0 aromatic carbocycles. The summed E-state index contributed by atoms with van der Waals surface area (Å²) in [6.45, 7) is 6.30. The van der Waals surface area contributed by atoms with Crippen LogP contribution in [0.15, 0.2) is 12.4 Å². The van der Waals surface area contributed by atoms with Gasteiger partial charge in [-0.1, -0.05) is 6.92 Å². The first kappa shape index (κ1) is 13.7. The summed E-state index contributed by atoms with van der Waals surface area (Å²) in [4.78, 5) is 24.7. The molecule has 0 aliphatic carbocycles. The molecule has 1 aliphatic heterocycles. The van der Waals surface area contributed by atoms with Gasteiger partial charge in [0.1, 0.15) is 0 Å². The van der Waals surface area contributed by atoms with Crippen molar-refractivity contribution in [1.82, 2.24) is 19.8 Å². The third-order valence-electron chi connectivity index (χ3n) is 3.22. The van der Waals surface area contributed by atoms with E-state index in [1.54, 1.807) is 12.4 Å². The van der Waals surface area contributed by atoms with Crippen molar-refractivity contribution in [3.63, 3.8) is 0 Å². The molecule has 1 amide bonds. The van der Waals surface area contributed by atoms with Gasteiger partial charge in [-0.25, -0.2) is 9.97 Å². The molecule has 1 N–H and O–H groups in total. The highest BCUT2D eigenvalue weighted by Gasteiger charge is 2.20. The van der Waals surface area contributed by atoms with Gasteiger partial charge in [-0.15, -0.1) is 0 Å². The van der Waals surface area contributed by atoms with Crippen LogP contribution in [0.1, 0.15) is 23.7 Å². The molecule has 1 aromatic heterocycles. The van der Waals surface area contributed by atoms with Crippen LogP contribution in [-0.2, 0) is 0 Å². The van der Waals surface area contributed by atoms with Crippen LogP contribution >= 0.6 is 0 Å². The summed E-state index contributed by atoms with van der Waals surface area (Å²) in [5.41, 5.74) is 0.562. The summed E-state index contributed by atoms with van der Waals surface area (Å²) in [6.07, 6.45) is 4.22. The predicted molar refractivity (Wildman–Crippen MR) is 74.2 cm³/mol. The second-order valence-electron chi connectivity index (χ2n) is 4.82. The molecule has 19 heavy (non-hydrogen) atoms. The number of likely N-dealkylation sites (N-methyl/N-ethyl adjacent to an activating group) is 1. The fourth-order valence-electron chi connectivity index (χ4n) is 1.96. The zero-order chi connectivity index (χ0) is 13.7.